The molecule has 1 unspecified atom stereocenters. The van der Waals surface area contributed by atoms with Gasteiger partial charge in [-0.2, -0.15) is 0 Å². The van der Waals surface area contributed by atoms with Crippen LogP contribution < -0.4 is 5.32 Å². The predicted molar refractivity (Wildman–Crippen MR) is 82.6 cm³/mol. The van der Waals surface area contributed by atoms with Gasteiger partial charge in [-0.15, -0.1) is 0 Å². The van der Waals surface area contributed by atoms with Gasteiger partial charge in [0.2, 0.25) is 0 Å². The zero-order valence-electron chi connectivity index (χ0n) is 12.1. The Morgan fingerprint density at radius 3 is 2.70 bits per heavy atom. The van der Waals surface area contributed by atoms with Crippen LogP contribution in [0, 0.1) is 0 Å². The third kappa shape index (κ3) is 4.83. The van der Waals surface area contributed by atoms with E-state index >= 15 is 0 Å². The van der Waals surface area contributed by atoms with Gasteiger partial charge in [0.25, 0.3) is 0 Å². The molecule has 0 aliphatic rings. The van der Waals surface area contributed by atoms with Crippen LogP contribution in [0.5, 0.6) is 0 Å². The van der Waals surface area contributed by atoms with Crippen LogP contribution in [0.1, 0.15) is 30.9 Å². The molecule has 0 saturated carbocycles. The first-order chi connectivity index (χ1) is 9.78. The second-order valence-corrected chi connectivity index (χ2v) is 5.33. The van der Waals surface area contributed by atoms with Crippen molar-refractivity contribution in [3.63, 3.8) is 0 Å². The van der Waals surface area contributed by atoms with Crippen molar-refractivity contribution in [3.8, 4) is 0 Å². The molecule has 3 nitrogen and oxygen atoms in total. The summed E-state index contributed by atoms with van der Waals surface area (Å²) in [5.74, 6) is 0. The highest BCUT2D eigenvalue weighted by Gasteiger charge is 2.02. The minimum Gasteiger partial charge on any atom is -0.396 e. The Kier molecular flexibility index (Phi) is 5.84. The number of aliphatic hydroxyl groups is 1. The predicted octanol–water partition coefficient (Wildman–Crippen LogP) is 2.79. The van der Waals surface area contributed by atoms with Crippen molar-refractivity contribution >= 4 is 0 Å². The van der Waals surface area contributed by atoms with Gasteiger partial charge in [0.05, 0.1) is 0 Å². The number of hydrogen-bond donors (Lipinski definition) is 2. The molecular formula is C17H24N2O. The number of hydrogen-bond acceptors (Lipinski definition) is 2. The number of aromatic nitrogens is 1. The molecule has 0 aliphatic carbocycles. The number of aliphatic hydroxyl groups excluding tert-OH is 1. The van der Waals surface area contributed by atoms with Gasteiger partial charge >= 0.3 is 0 Å². The molecule has 1 aromatic carbocycles. The first-order valence-corrected chi connectivity index (χ1v) is 7.31. The van der Waals surface area contributed by atoms with Crippen molar-refractivity contribution in [2.75, 3.05) is 6.61 Å². The SMILES string of the molecule is CC(CCCO)NCc1ccn(Cc2ccccc2)c1. The molecule has 0 aliphatic heterocycles. The first kappa shape index (κ1) is 14.8. The maximum atomic E-state index is 8.81. The minimum atomic E-state index is 0.277. The van der Waals surface area contributed by atoms with Crippen molar-refractivity contribution in [1.29, 1.82) is 0 Å². The molecule has 1 heterocycles. The summed E-state index contributed by atoms with van der Waals surface area (Å²) in [6.45, 7) is 4.24. The van der Waals surface area contributed by atoms with E-state index in [9.17, 15) is 0 Å². The molecule has 0 spiro atoms. The van der Waals surface area contributed by atoms with Crippen LogP contribution in [-0.4, -0.2) is 22.3 Å². The summed E-state index contributed by atoms with van der Waals surface area (Å²) in [5.41, 5.74) is 2.62. The van der Waals surface area contributed by atoms with Gasteiger partial charge in [0.1, 0.15) is 0 Å². The topological polar surface area (TPSA) is 37.2 Å². The number of nitrogens with zero attached hydrogens (tertiary/aromatic N) is 1. The monoisotopic (exact) mass is 272 g/mol. The lowest BCUT2D eigenvalue weighted by Gasteiger charge is -2.12. The molecule has 2 N–H and O–H groups in total. The smallest absolute Gasteiger partial charge is 0.0470 e. The van der Waals surface area contributed by atoms with E-state index in [1.807, 2.05) is 6.07 Å². The van der Waals surface area contributed by atoms with Crippen LogP contribution in [0.15, 0.2) is 48.8 Å². The van der Waals surface area contributed by atoms with E-state index < -0.39 is 0 Å². The molecule has 1 aromatic heterocycles. The van der Waals surface area contributed by atoms with E-state index in [4.69, 9.17) is 5.11 Å². The summed E-state index contributed by atoms with van der Waals surface area (Å²) in [4.78, 5) is 0. The van der Waals surface area contributed by atoms with Crippen molar-refractivity contribution in [2.24, 2.45) is 0 Å². The molecular weight excluding hydrogens is 248 g/mol. The Balaban J connectivity index is 1.80. The van der Waals surface area contributed by atoms with E-state index in [-0.39, 0.29) is 6.61 Å². The number of nitrogens with one attached hydrogen (secondary N) is 1. The van der Waals surface area contributed by atoms with E-state index in [0.717, 1.165) is 25.9 Å². The lowest BCUT2D eigenvalue weighted by Crippen LogP contribution is -2.25. The number of rotatable bonds is 8. The average molecular weight is 272 g/mol. The number of benzene rings is 1. The van der Waals surface area contributed by atoms with Gasteiger partial charge < -0.3 is 15.0 Å². The van der Waals surface area contributed by atoms with E-state index in [2.05, 4.69) is 59.5 Å². The molecule has 0 bridgehead atoms. The Morgan fingerprint density at radius 2 is 1.95 bits per heavy atom. The quantitative estimate of drug-likeness (QED) is 0.775. The van der Waals surface area contributed by atoms with Crippen LogP contribution in [0.25, 0.3) is 0 Å². The minimum absolute atomic E-state index is 0.277. The second kappa shape index (κ2) is 7.88. The highest BCUT2D eigenvalue weighted by Crippen LogP contribution is 2.07. The van der Waals surface area contributed by atoms with Crippen molar-refractivity contribution in [2.45, 2.75) is 38.9 Å². The zero-order valence-corrected chi connectivity index (χ0v) is 12.1. The molecule has 3 heteroatoms. The largest absolute Gasteiger partial charge is 0.396 e. The van der Waals surface area contributed by atoms with E-state index in [1.165, 1.54) is 11.1 Å². The lowest BCUT2D eigenvalue weighted by molar-refractivity contribution is 0.276. The van der Waals surface area contributed by atoms with Gasteiger partial charge in [-0.25, -0.2) is 0 Å². The average Bonchev–Trinajstić information content (AvgIpc) is 2.91. The van der Waals surface area contributed by atoms with Crippen LogP contribution >= 0.6 is 0 Å². The molecule has 0 saturated heterocycles. The van der Waals surface area contributed by atoms with Gasteiger partial charge in [-0.1, -0.05) is 30.3 Å². The first-order valence-electron chi connectivity index (χ1n) is 7.31. The fraction of sp³-hybridized carbons (Fsp3) is 0.412. The molecule has 108 valence electrons. The summed E-state index contributed by atoms with van der Waals surface area (Å²) >= 11 is 0. The fourth-order valence-electron chi connectivity index (χ4n) is 2.28. The standard InChI is InChI=1S/C17H24N2O/c1-15(6-5-11-20)18-12-17-9-10-19(14-17)13-16-7-3-2-4-8-16/h2-4,7-10,14-15,18,20H,5-6,11-13H2,1H3. The van der Waals surface area contributed by atoms with Crippen LogP contribution in [0.2, 0.25) is 0 Å². The highest BCUT2D eigenvalue weighted by molar-refractivity contribution is 5.17. The molecule has 0 amide bonds. The maximum absolute atomic E-state index is 8.81. The summed E-state index contributed by atoms with van der Waals surface area (Å²) < 4.78 is 2.21. The van der Waals surface area contributed by atoms with Crippen molar-refractivity contribution < 1.29 is 5.11 Å². The second-order valence-electron chi connectivity index (χ2n) is 5.33. The van der Waals surface area contributed by atoms with Gasteiger partial charge in [0, 0.05) is 38.1 Å². The highest BCUT2D eigenvalue weighted by atomic mass is 16.2. The molecule has 1 atom stereocenters. The Morgan fingerprint density at radius 1 is 1.15 bits per heavy atom. The Labute approximate surface area is 121 Å². The van der Waals surface area contributed by atoms with Gasteiger partial charge in [0.15, 0.2) is 0 Å². The molecule has 2 rings (SSSR count). The molecule has 2 aromatic rings. The maximum Gasteiger partial charge on any atom is 0.0470 e. The van der Waals surface area contributed by atoms with Gasteiger partial charge in [-0.05, 0) is 37.0 Å². The van der Waals surface area contributed by atoms with Crippen LogP contribution in [0.4, 0.5) is 0 Å². The molecule has 0 fully saturated rings. The van der Waals surface area contributed by atoms with E-state index in [0.29, 0.717) is 6.04 Å². The summed E-state index contributed by atoms with van der Waals surface area (Å²) in [7, 11) is 0. The fourth-order valence-corrected chi connectivity index (χ4v) is 2.28. The third-order valence-corrected chi connectivity index (χ3v) is 3.47. The zero-order chi connectivity index (χ0) is 14.2. The van der Waals surface area contributed by atoms with Gasteiger partial charge in [-0.3, -0.25) is 0 Å². The lowest BCUT2D eigenvalue weighted by atomic mass is 10.2. The molecule has 20 heavy (non-hydrogen) atoms. The summed E-state index contributed by atoms with van der Waals surface area (Å²) in [5, 5.41) is 12.3. The van der Waals surface area contributed by atoms with Crippen molar-refractivity contribution in [1.82, 2.24) is 9.88 Å². The normalized spacial score (nSPS) is 12.5. The van der Waals surface area contributed by atoms with Crippen molar-refractivity contribution in [3.05, 3.63) is 59.9 Å². The Bertz CT molecular complexity index is 493. The van der Waals surface area contributed by atoms with Crippen LogP contribution in [0.3, 0.4) is 0 Å². The summed E-state index contributed by atoms with van der Waals surface area (Å²) in [6, 6.07) is 13.1. The van der Waals surface area contributed by atoms with E-state index in [1.54, 1.807) is 0 Å². The Hall–Kier alpha value is -1.58. The van der Waals surface area contributed by atoms with Crippen LogP contribution in [-0.2, 0) is 13.1 Å². The molecule has 0 radical (unpaired) electrons. The summed E-state index contributed by atoms with van der Waals surface area (Å²) in [6.07, 6.45) is 6.20. The third-order valence-electron chi connectivity index (χ3n) is 3.47.